The molecule has 3 heterocycles. The maximum absolute atomic E-state index is 13.5. The van der Waals surface area contributed by atoms with Gasteiger partial charge in [0, 0.05) is 43.8 Å². The van der Waals surface area contributed by atoms with E-state index >= 15 is 0 Å². The standard InChI is InChI=1S/C29H29N7O4/c1-6-22-24(23-11-10-21(16-18(23)2)36-27(40-5)32-33(4)28(36)38)12-13-31-25(22)35-15-14-34(29(35)39)20-9-7-8-19(17-20)26(37)30-3/h7-17H,6H2,1-5H3,(H,30,37). The van der Waals surface area contributed by atoms with Crippen LogP contribution in [0, 0.1) is 6.92 Å². The molecule has 2 aromatic carbocycles. The van der Waals surface area contributed by atoms with E-state index in [1.54, 1.807) is 57.0 Å². The molecule has 0 fully saturated rings. The van der Waals surface area contributed by atoms with E-state index in [9.17, 15) is 14.4 Å². The lowest BCUT2D eigenvalue weighted by molar-refractivity contribution is 0.0963. The summed E-state index contributed by atoms with van der Waals surface area (Å²) in [7, 11) is 4.61. The van der Waals surface area contributed by atoms with E-state index < -0.39 is 0 Å². The Labute approximate surface area is 229 Å². The third-order valence-corrected chi connectivity index (χ3v) is 6.84. The normalized spacial score (nSPS) is 11.0. The molecule has 0 atom stereocenters. The number of amides is 1. The molecule has 1 N–H and O–H groups in total. The van der Waals surface area contributed by atoms with Crippen molar-refractivity contribution in [2.75, 3.05) is 14.2 Å². The topological polar surface area (TPSA) is 118 Å². The molecule has 204 valence electrons. The highest BCUT2D eigenvalue weighted by molar-refractivity contribution is 5.94. The van der Waals surface area contributed by atoms with E-state index in [2.05, 4.69) is 15.4 Å². The van der Waals surface area contributed by atoms with Crippen LogP contribution in [0.15, 0.2) is 76.7 Å². The number of ether oxygens (including phenoxy) is 1. The number of benzene rings is 2. The molecule has 0 bridgehead atoms. The van der Waals surface area contributed by atoms with Crippen LogP contribution in [0.1, 0.15) is 28.4 Å². The highest BCUT2D eigenvalue weighted by atomic mass is 16.5. The van der Waals surface area contributed by atoms with Gasteiger partial charge in [0.1, 0.15) is 5.82 Å². The first-order valence-electron chi connectivity index (χ1n) is 12.7. The first kappa shape index (κ1) is 26.4. The third kappa shape index (κ3) is 4.41. The molecule has 0 spiro atoms. The minimum atomic E-state index is -0.311. The fourth-order valence-corrected chi connectivity index (χ4v) is 4.85. The summed E-state index contributed by atoms with van der Waals surface area (Å²) in [4.78, 5) is 42.9. The van der Waals surface area contributed by atoms with E-state index in [-0.39, 0.29) is 23.3 Å². The van der Waals surface area contributed by atoms with Crippen LogP contribution < -0.4 is 21.4 Å². The minimum absolute atomic E-state index is 0.199. The summed E-state index contributed by atoms with van der Waals surface area (Å²) in [6.07, 6.45) is 5.65. The zero-order chi connectivity index (χ0) is 28.6. The molecule has 0 radical (unpaired) electrons. The van der Waals surface area contributed by atoms with Crippen LogP contribution in [0.2, 0.25) is 0 Å². The van der Waals surface area contributed by atoms with Gasteiger partial charge in [0.2, 0.25) is 0 Å². The van der Waals surface area contributed by atoms with Gasteiger partial charge in [-0.1, -0.05) is 19.1 Å². The summed E-state index contributed by atoms with van der Waals surface area (Å²) in [5.74, 6) is 0.296. The van der Waals surface area contributed by atoms with Gasteiger partial charge in [-0.2, -0.15) is 0 Å². The van der Waals surface area contributed by atoms with Crippen LogP contribution in [0.5, 0.6) is 6.01 Å². The Morgan fingerprint density at radius 2 is 1.75 bits per heavy atom. The van der Waals surface area contributed by atoms with Gasteiger partial charge >= 0.3 is 17.4 Å². The van der Waals surface area contributed by atoms with Gasteiger partial charge in [0.25, 0.3) is 5.91 Å². The molecule has 3 aromatic heterocycles. The molecule has 5 rings (SSSR count). The van der Waals surface area contributed by atoms with Gasteiger partial charge in [-0.05, 0) is 66.4 Å². The number of aromatic nitrogens is 6. The molecule has 0 unspecified atom stereocenters. The largest absolute Gasteiger partial charge is 0.467 e. The van der Waals surface area contributed by atoms with Crippen LogP contribution in [0.3, 0.4) is 0 Å². The summed E-state index contributed by atoms with van der Waals surface area (Å²) >= 11 is 0. The molecule has 40 heavy (non-hydrogen) atoms. The third-order valence-electron chi connectivity index (χ3n) is 6.84. The molecule has 5 aromatic rings. The maximum Gasteiger partial charge on any atom is 0.353 e. The van der Waals surface area contributed by atoms with Crippen LogP contribution >= 0.6 is 0 Å². The number of methoxy groups -OCH3 is 1. The number of pyridine rings is 1. The molecule has 0 aliphatic heterocycles. The number of aryl methyl sites for hydroxylation is 2. The monoisotopic (exact) mass is 539 g/mol. The van der Waals surface area contributed by atoms with Gasteiger partial charge < -0.3 is 10.1 Å². The van der Waals surface area contributed by atoms with Crippen molar-refractivity contribution in [2.24, 2.45) is 7.05 Å². The second kappa shape index (κ2) is 10.5. The zero-order valence-corrected chi connectivity index (χ0v) is 22.9. The molecule has 0 saturated carbocycles. The smallest absolute Gasteiger partial charge is 0.353 e. The van der Waals surface area contributed by atoms with E-state index in [0.29, 0.717) is 29.2 Å². The molecule has 0 saturated heterocycles. The number of hydrogen-bond acceptors (Lipinski definition) is 6. The lowest BCUT2D eigenvalue weighted by Crippen LogP contribution is -2.24. The highest BCUT2D eigenvalue weighted by Gasteiger charge is 2.19. The first-order valence-corrected chi connectivity index (χ1v) is 12.7. The Morgan fingerprint density at radius 3 is 2.45 bits per heavy atom. The van der Waals surface area contributed by atoms with Crippen molar-refractivity contribution < 1.29 is 9.53 Å². The summed E-state index contributed by atoms with van der Waals surface area (Å²) in [6, 6.07) is 14.7. The Balaban J connectivity index is 1.58. The Morgan fingerprint density at radius 1 is 0.975 bits per heavy atom. The van der Waals surface area contributed by atoms with Gasteiger partial charge in [-0.3, -0.25) is 13.9 Å². The fourth-order valence-electron chi connectivity index (χ4n) is 4.85. The SMILES string of the molecule is CCc1c(-c2ccc(-n3c(OC)nn(C)c3=O)cc2C)ccnc1-n1ccn(-c2cccc(C(=O)NC)c2)c1=O. The van der Waals surface area contributed by atoms with Crippen molar-refractivity contribution >= 4 is 5.91 Å². The second-order valence-electron chi connectivity index (χ2n) is 9.19. The van der Waals surface area contributed by atoms with Crippen molar-refractivity contribution in [1.82, 2.24) is 33.8 Å². The zero-order valence-electron chi connectivity index (χ0n) is 22.9. The summed E-state index contributed by atoms with van der Waals surface area (Å²) in [5.41, 5.74) is 4.76. The number of carbonyl (C=O) groups excluding carboxylic acids is 1. The Kier molecular flexibility index (Phi) is 6.95. The van der Waals surface area contributed by atoms with Crippen LogP contribution in [0.25, 0.3) is 28.3 Å². The van der Waals surface area contributed by atoms with Crippen molar-refractivity contribution in [3.05, 3.63) is 105 Å². The van der Waals surface area contributed by atoms with E-state index in [4.69, 9.17) is 4.74 Å². The van der Waals surface area contributed by atoms with Gasteiger partial charge in [0.05, 0.1) is 18.5 Å². The van der Waals surface area contributed by atoms with E-state index in [1.807, 2.05) is 38.1 Å². The Hall–Kier alpha value is -5.19. The number of nitrogens with zero attached hydrogens (tertiary/aromatic N) is 6. The number of hydrogen-bond donors (Lipinski definition) is 1. The van der Waals surface area contributed by atoms with Crippen LogP contribution in [0.4, 0.5) is 0 Å². The summed E-state index contributed by atoms with van der Waals surface area (Å²) in [6.45, 7) is 3.98. The summed E-state index contributed by atoms with van der Waals surface area (Å²) < 4.78 is 10.9. The Bertz CT molecular complexity index is 1860. The van der Waals surface area contributed by atoms with E-state index in [0.717, 1.165) is 22.3 Å². The van der Waals surface area contributed by atoms with Crippen molar-refractivity contribution in [3.63, 3.8) is 0 Å². The highest BCUT2D eigenvalue weighted by Crippen LogP contribution is 2.31. The molecular weight excluding hydrogens is 510 g/mol. The fraction of sp³-hybridized carbons (Fsp3) is 0.207. The van der Waals surface area contributed by atoms with Crippen molar-refractivity contribution in [3.8, 4) is 34.3 Å². The average Bonchev–Trinajstić information content (AvgIpc) is 3.50. The number of rotatable bonds is 7. The molecule has 0 aliphatic carbocycles. The molecule has 1 amide bonds. The molecule has 11 nitrogen and oxygen atoms in total. The quantitative estimate of drug-likeness (QED) is 0.340. The van der Waals surface area contributed by atoms with Gasteiger partial charge in [0.15, 0.2) is 0 Å². The number of carbonyl (C=O) groups is 1. The lowest BCUT2D eigenvalue weighted by atomic mass is 9.95. The van der Waals surface area contributed by atoms with Gasteiger partial charge in [-0.25, -0.2) is 23.8 Å². The molecule has 11 heteroatoms. The lowest BCUT2D eigenvalue weighted by Gasteiger charge is -2.16. The number of imidazole rings is 1. The number of nitrogens with one attached hydrogen (secondary N) is 1. The van der Waals surface area contributed by atoms with Crippen LogP contribution in [-0.2, 0) is 13.5 Å². The average molecular weight is 540 g/mol. The minimum Gasteiger partial charge on any atom is -0.467 e. The summed E-state index contributed by atoms with van der Waals surface area (Å²) in [5, 5.41) is 6.72. The van der Waals surface area contributed by atoms with Crippen molar-refractivity contribution in [2.45, 2.75) is 20.3 Å². The van der Waals surface area contributed by atoms with Crippen LogP contribution in [-0.4, -0.2) is 48.5 Å². The first-order chi connectivity index (χ1) is 19.3. The van der Waals surface area contributed by atoms with Crippen molar-refractivity contribution in [1.29, 1.82) is 0 Å². The van der Waals surface area contributed by atoms with E-state index in [1.165, 1.54) is 25.5 Å². The molecular formula is C29H29N7O4. The maximum atomic E-state index is 13.5. The predicted octanol–water partition coefficient (Wildman–Crippen LogP) is 2.81. The van der Waals surface area contributed by atoms with Gasteiger partial charge in [-0.15, -0.1) is 5.10 Å². The predicted molar refractivity (Wildman–Crippen MR) is 151 cm³/mol. The second-order valence-corrected chi connectivity index (χ2v) is 9.19. The molecule has 0 aliphatic rings.